The van der Waals surface area contributed by atoms with Gasteiger partial charge in [-0.1, -0.05) is 42.1 Å². The van der Waals surface area contributed by atoms with Gasteiger partial charge < -0.3 is 10.2 Å². The molecule has 0 radical (unpaired) electrons. The van der Waals surface area contributed by atoms with E-state index in [0.29, 0.717) is 6.61 Å². The summed E-state index contributed by atoms with van der Waals surface area (Å²) in [6.07, 6.45) is 0. The summed E-state index contributed by atoms with van der Waals surface area (Å²) in [5, 5.41) is 9.62. The van der Waals surface area contributed by atoms with E-state index < -0.39 is 0 Å². The SMILES string of the molecule is CCOc1ccc(-c2nnc3n2N[C@H](c2ccccc2)S3)cc1. The molecule has 0 aliphatic carbocycles. The van der Waals surface area contributed by atoms with Crippen LogP contribution in [0.15, 0.2) is 59.8 Å². The van der Waals surface area contributed by atoms with E-state index >= 15 is 0 Å². The molecule has 4 rings (SSSR count). The normalized spacial score (nSPS) is 16.0. The van der Waals surface area contributed by atoms with Crippen LogP contribution in [0.1, 0.15) is 17.9 Å². The van der Waals surface area contributed by atoms with Crippen molar-refractivity contribution in [3.63, 3.8) is 0 Å². The molecule has 0 unspecified atom stereocenters. The quantitative estimate of drug-likeness (QED) is 0.793. The van der Waals surface area contributed by atoms with E-state index in [2.05, 4.69) is 27.8 Å². The van der Waals surface area contributed by atoms with Gasteiger partial charge in [-0.2, -0.15) is 0 Å². The van der Waals surface area contributed by atoms with Crippen LogP contribution in [-0.2, 0) is 0 Å². The van der Waals surface area contributed by atoms with Crippen molar-refractivity contribution >= 4 is 11.8 Å². The number of nitrogens with zero attached hydrogens (tertiary/aromatic N) is 3. The van der Waals surface area contributed by atoms with Crippen molar-refractivity contribution in [3.8, 4) is 17.1 Å². The van der Waals surface area contributed by atoms with Crippen molar-refractivity contribution in [2.75, 3.05) is 12.0 Å². The lowest BCUT2D eigenvalue weighted by Gasteiger charge is -2.12. The molecule has 1 aromatic heterocycles. The van der Waals surface area contributed by atoms with Crippen molar-refractivity contribution in [2.24, 2.45) is 0 Å². The number of hydrogen-bond acceptors (Lipinski definition) is 5. The van der Waals surface area contributed by atoms with E-state index in [4.69, 9.17) is 4.74 Å². The minimum Gasteiger partial charge on any atom is -0.494 e. The Kier molecular flexibility index (Phi) is 3.67. The Morgan fingerprint density at radius 3 is 2.61 bits per heavy atom. The molecule has 5 nitrogen and oxygen atoms in total. The number of aromatic nitrogens is 3. The van der Waals surface area contributed by atoms with E-state index in [1.54, 1.807) is 11.8 Å². The third-order valence-corrected chi connectivity index (χ3v) is 4.72. The third kappa shape index (κ3) is 2.66. The average Bonchev–Trinajstić information content (AvgIpc) is 3.17. The van der Waals surface area contributed by atoms with Crippen LogP contribution < -0.4 is 10.2 Å². The van der Waals surface area contributed by atoms with Crippen molar-refractivity contribution in [3.05, 3.63) is 60.2 Å². The Labute approximate surface area is 138 Å². The highest BCUT2D eigenvalue weighted by molar-refractivity contribution is 7.99. The number of hydrogen-bond donors (Lipinski definition) is 1. The first kappa shape index (κ1) is 14.1. The summed E-state index contributed by atoms with van der Waals surface area (Å²) in [5.74, 6) is 1.68. The van der Waals surface area contributed by atoms with Crippen LogP contribution >= 0.6 is 11.8 Å². The summed E-state index contributed by atoms with van der Waals surface area (Å²) in [7, 11) is 0. The molecule has 1 N–H and O–H groups in total. The molecule has 0 spiro atoms. The zero-order valence-corrected chi connectivity index (χ0v) is 13.5. The van der Waals surface area contributed by atoms with Crippen LogP contribution in [0.5, 0.6) is 5.75 Å². The number of fused-ring (bicyclic) bond motifs is 1. The summed E-state index contributed by atoms with van der Waals surface area (Å²) in [5.41, 5.74) is 5.69. The van der Waals surface area contributed by atoms with E-state index in [1.807, 2.05) is 54.1 Å². The smallest absolute Gasteiger partial charge is 0.212 e. The Balaban J connectivity index is 1.60. The van der Waals surface area contributed by atoms with Crippen molar-refractivity contribution in [2.45, 2.75) is 17.5 Å². The van der Waals surface area contributed by atoms with E-state index in [1.165, 1.54) is 5.56 Å². The standard InChI is InChI=1S/C17H16N4OS/c1-2-22-14-10-8-12(9-11-14)15-18-19-17-21(15)20-16(23-17)13-6-4-3-5-7-13/h3-11,16,20H,2H2,1H3/t16-/m0/s1. The second-order valence-corrected chi connectivity index (χ2v) is 6.21. The van der Waals surface area contributed by atoms with Gasteiger partial charge >= 0.3 is 0 Å². The maximum atomic E-state index is 5.48. The highest BCUT2D eigenvalue weighted by Crippen LogP contribution is 2.40. The van der Waals surface area contributed by atoms with Crippen molar-refractivity contribution < 1.29 is 4.74 Å². The zero-order chi connectivity index (χ0) is 15.6. The molecule has 0 bridgehead atoms. The minimum atomic E-state index is 0.156. The van der Waals surface area contributed by atoms with Gasteiger partial charge in [-0.3, -0.25) is 0 Å². The molecule has 2 heterocycles. The third-order valence-electron chi connectivity index (χ3n) is 3.63. The first-order chi connectivity index (χ1) is 11.3. The van der Waals surface area contributed by atoms with Crippen LogP contribution in [0.2, 0.25) is 0 Å². The molecule has 1 aliphatic rings. The molecule has 2 aromatic carbocycles. The second-order valence-electron chi connectivity index (χ2n) is 5.14. The zero-order valence-electron chi connectivity index (χ0n) is 12.6. The summed E-state index contributed by atoms with van der Waals surface area (Å²) >= 11 is 1.67. The lowest BCUT2D eigenvalue weighted by atomic mass is 10.2. The van der Waals surface area contributed by atoms with Gasteiger partial charge in [0.25, 0.3) is 0 Å². The van der Waals surface area contributed by atoms with Gasteiger partial charge in [-0.15, -0.1) is 10.2 Å². The summed E-state index contributed by atoms with van der Waals surface area (Å²) < 4.78 is 7.44. The predicted octanol–water partition coefficient (Wildman–Crippen LogP) is 3.69. The van der Waals surface area contributed by atoms with Crippen molar-refractivity contribution in [1.29, 1.82) is 0 Å². The molecule has 0 amide bonds. The Morgan fingerprint density at radius 1 is 1.09 bits per heavy atom. The fourth-order valence-corrected chi connectivity index (χ4v) is 3.53. The fourth-order valence-electron chi connectivity index (χ4n) is 2.54. The summed E-state index contributed by atoms with van der Waals surface area (Å²) in [6.45, 7) is 2.64. The van der Waals surface area contributed by atoms with Crippen molar-refractivity contribution in [1.82, 2.24) is 14.9 Å². The molecule has 6 heteroatoms. The van der Waals surface area contributed by atoms with E-state index in [-0.39, 0.29) is 5.37 Å². The Morgan fingerprint density at radius 2 is 1.87 bits per heavy atom. The van der Waals surface area contributed by atoms with Gasteiger partial charge in [-0.25, -0.2) is 4.68 Å². The number of benzene rings is 2. The average molecular weight is 324 g/mol. The molecule has 3 aromatic rings. The molecule has 23 heavy (non-hydrogen) atoms. The Bertz CT molecular complexity index is 801. The minimum absolute atomic E-state index is 0.156. The summed E-state index contributed by atoms with van der Waals surface area (Å²) in [4.78, 5) is 0. The fraction of sp³-hybridized carbons (Fsp3) is 0.176. The van der Waals surface area contributed by atoms with Crippen LogP contribution in [0.3, 0.4) is 0 Å². The van der Waals surface area contributed by atoms with Crippen LogP contribution in [-0.4, -0.2) is 21.5 Å². The lowest BCUT2D eigenvalue weighted by molar-refractivity contribution is 0.340. The maximum absolute atomic E-state index is 5.48. The first-order valence-electron chi connectivity index (χ1n) is 7.52. The molecular weight excluding hydrogens is 308 g/mol. The van der Waals surface area contributed by atoms with E-state index in [0.717, 1.165) is 22.3 Å². The number of thioether (sulfide) groups is 1. The first-order valence-corrected chi connectivity index (χ1v) is 8.40. The van der Waals surface area contributed by atoms with Gasteiger partial charge in [0.2, 0.25) is 5.16 Å². The molecule has 0 fully saturated rings. The number of ether oxygens (including phenoxy) is 1. The largest absolute Gasteiger partial charge is 0.494 e. The van der Waals surface area contributed by atoms with E-state index in [9.17, 15) is 0 Å². The molecule has 1 aliphatic heterocycles. The van der Waals surface area contributed by atoms with Crippen LogP contribution in [0, 0.1) is 0 Å². The monoisotopic (exact) mass is 324 g/mol. The van der Waals surface area contributed by atoms with Gasteiger partial charge in [0.15, 0.2) is 5.82 Å². The van der Waals surface area contributed by atoms with Crippen LogP contribution in [0.4, 0.5) is 0 Å². The van der Waals surface area contributed by atoms with Gasteiger partial charge in [0, 0.05) is 5.56 Å². The molecule has 0 saturated carbocycles. The number of rotatable bonds is 4. The van der Waals surface area contributed by atoms with Gasteiger partial charge in [0.1, 0.15) is 11.1 Å². The topological polar surface area (TPSA) is 52.0 Å². The molecular formula is C17H16N4OS. The highest BCUT2D eigenvalue weighted by Gasteiger charge is 2.27. The molecule has 116 valence electrons. The predicted molar refractivity (Wildman–Crippen MR) is 91.0 cm³/mol. The lowest BCUT2D eigenvalue weighted by Crippen LogP contribution is -2.13. The Hall–Kier alpha value is -2.47. The van der Waals surface area contributed by atoms with Gasteiger partial charge in [-0.05, 0) is 36.8 Å². The molecule has 0 saturated heterocycles. The number of nitrogens with one attached hydrogen (secondary N) is 1. The highest BCUT2D eigenvalue weighted by atomic mass is 32.2. The molecule has 1 atom stereocenters. The maximum Gasteiger partial charge on any atom is 0.212 e. The second kappa shape index (κ2) is 5.96. The van der Waals surface area contributed by atoms with Crippen LogP contribution in [0.25, 0.3) is 11.4 Å². The van der Waals surface area contributed by atoms with Gasteiger partial charge in [0.05, 0.1) is 6.61 Å². The summed E-state index contributed by atoms with van der Waals surface area (Å²) in [6, 6.07) is 18.3.